The minimum atomic E-state index is -1.39. The lowest BCUT2D eigenvalue weighted by atomic mass is 10.0. The van der Waals surface area contributed by atoms with Gasteiger partial charge in [0.15, 0.2) is 0 Å². The highest BCUT2D eigenvalue weighted by atomic mass is 35.5. The van der Waals surface area contributed by atoms with Crippen LogP contribution in [0, 0.1) is 11.3 Å². The molecular formula is C24H37ClN4O10. The first kappa shape index (κ1) is 39.4. The van der Waals surface area contributed by atoms with Crippen LogP contribution < -0.4 is 11.5 Å². The van der Waals surface area contributed by atoms with Crippen LogP contribution in [0.3, 0.4) is 0 Å². The summed E-state index contributed by atoms with van der Waals surface area (Å²) in [6.07, 6.45) is -0.454. The number of nitrogens with zero attached hydrogens (tertiary/aromatic N) is 1. The lowest BCUT2D eigenvalue weighted by Gasteiger charge is -2.10. The van der Waals surface area contributed by atoms with Crippen LogP contribution in [0.4, 0.5) is 5.82 Å². The van der Waals surface area contributed by atoms with E-state index in [0.717, 1.165) is 0 Å². The first-order chi connectivity index (χ1) is 17.5. The van der Waals surface area contributed by atoms with Crippen molar-refractivity contribution in [3.8, 4) is 0 Å². The van der Waals surface area contributed by atoms with Crippen LogP contribution in [0.15, 0.2) is 6.07 Å². The zero-order valence-electron chi connectivity index (χ0n) is 22.7. The molecule has 0 saturated carbocycles. The summed E-state index contributed by atoms with van der Waals surface area (Å²) in [7, 11) is 0. The fourth-order valence-corrected chi connectivity index (χ4v) is 2.29. The minimum Gasteiger partial charge on any atom is -0.478 e. The number of aromatic carboxylic acids is 2. The number of esters is 2. The zero-order valence-corrected chi connectivity index (χ0v) is 23.5. The van der Waals surface area contributed by atoms with Crippen molar-refractivity contribution >= 4 is 59.5 Å². The van der Waals surface area contributed by atoms with Crippen LogP contribution >= 0.6 is 12.4 Å². The number of aromatic nitrogens is 1. The van der Waals surface area contributed by atoms with Gasteiger partial charge in [-0.25, -0.2) is 19.4 Å². The average molecular weight is 577 g/mol. The Bertz CT molecular complexity index is 1040. The van der Waals surface area contributed by atoms with Gasteiger partial charge in [-0.3, -0.25) is 19.8 Å². The third kappa shape index (κ3) is 16.4. The zero-order chi connectivity index (χ0) is 30.2. The van der Waals surface area contributed by atoms with Crippen LogP contribution in [0.2, 0.25) is 0 Å². The van der Waals surface area contributed by atoms with E-state index in [1.165, 1.54) is 6.07 Å². The van der Waals surface area contributed by atoms with E-state index in [9.17, 15) is 28.8 Å². The molecule has 0 fully saturated rings. The van der Waals surface area contributed by atoms with Gasteiger partial charge in [0.2, 0.25) is 5.78 Å². The topological polar surface area (TPSA) is 250 Å². The number of pyridine rings is 1. The minimum absolute atomic E-state index is 0. The molecule has 14 nitrogen and oxygen atoms in total. The second kappa shape index (κ2) is 20.0. The van der Waals surface area contributed by atoms with E-state index in [0.29, 0.717) is 12.3 Å². The molecule has 0 aromatic carbocycles. The summed E-state index contributed by atoms with van der Waals surface area (Å²) in [5.74, 6) is -5.75. The molecule has 15 heteroatoms. The van der Waals surface area contributed by atoms with Gasteiger partial charge >= 0.3 is 23.9 Å². The Balaban J connectivity index is -0.000000513. The summed E-state index contributed by atoms with van der Waals surface area (Å²) >= 11 is 0. The van der Waals surface area contributed by atoms with Gasteiger partial charge in [-0.15, -0.1) is 12.4 Å². The van der Waals surface area contributed by atoms with E-state index < -0.39 is 35.2 Å². The van der Waals surface area contributed by atoms with Gasteiger partial charge in [0, 0.05) is 11.6 Å². The van der Waals surface area contributed by atoms with Crippen molar-refractivity contribution in [2.45, 2.75) is 60.3 Å². The molecule has 0 aliphatic carbocycles. The van der Waals surface area contributed by atoms with Crippen molar-refractivity contribution in [2.75, 3.05) is 18.9 Å². The maximum absolute atomic E-state index is 11.0. The second-order valence-electron chi connectivity index (χ2n) is 8.07. The van der Waals surface area contributed by atoms with Gasteiger partial charge in [-0.05, 0) is 25.8 Å². The molecule has 220 valence electrons. The molecule has 0 spiro atoms. The maximum Gasteiger partial charge on any atom is 0.375 e. The van der Waals surface area contributed by atoms with Crippen LogP contribution in [-0.2, 0) is 28.7 Å². The SMILES string of the molecule is CC(C)c1cc(C(=O)O)c(C(=O)O)c(N)n1.CCOC(=O)C(=O)CC(=O)C(C)C.CCOC(=O)CC(=N)N.Cl. The number of carbonyl (C=O) groups excluding carboxylic acids is 4. The van der Waals surface area contributed by atoms with Crippen LogP contribution in [0.5, 0.6) is 0 Å². The fraction of sp³-hybridized carbons (Fsp3) is 0.500. The van der Waals surface area contributed by atoms with Crippen molar-refractivity contribution in [1.82, 2.24) is 4.98 Å². The molecule has 1 aromatic heterocycles. The summed E-state index contributed by atoms with van der Waals surface area (Å²) in [6, 6.07) is 1.24. The summed E-state index contributed by atoms with van der Waals surface area (Å²) in [4.78, 5) is 68.8. The van der Waals surface area contributed by atoms with Crippen molar-refractivity contribution in [1.29, 1.82) is 5.41 Å². The lowest BCUT2D eigenvalue weighted by molar-refractivity contribution is -0.154. The summed E-state index contributed by atoms with van der Waals surface area (Å²) < 4.78 is 8.94. The number of carbonyl (C=O) groups is 6. The molecule has 0 radical (unpaired) electrons. The normalized spacial score (nSPS) is 9.54. The number of carboxylic acids is 2. The number of rotatable bonds is 11. The number of nitrogen functional groups attached to an aromatic ring is 1. The molecule has 0 aliphatic heterocycles. The van der Waals surface area contributed by atoms with Crippen LogP contribution in [0.1, 0.15) is 86.7 Å². The van der Waals surface area contributed by atoms with Crippen molar-refractivity contribution in [3.05, 3.63) is 22.9 Å². The third-order valence-corrected chi connectivity index (χ3v) is 4.23. The molecule has 0 unspecified atom stereocenters. The van der Waals surface area contributed by atoms with E-state index in [2.05, 4.69) is 14.5 Å². The largest absolute Gasteiger partial charge is 0.478 e. The van der Waals surface area contributed by atoms with E-state index >= 15 is 0 Å². The van der Waals surface area contributed by atoms with Crippen molar-refractivity contribution in [3.63, 3.8) is 0 Å². The number of Topliss-reactive ketones (excluding diaryl/α,β-unsaturated/α-hetero) is 2. The molecule has 0 amide bonds. The number of hydrogen-bond acceptors (Lipinski definition) is 11. The third-order valence-electron chi connectivity index (χ3n) is 4.23. The van der Waals surface area contributed by atoms with Crippen LogP contribution in [0.25, 0.3) is 0 Å². The highest BCUT2D eigenvalue weighted by Crippen LogP contribution is 2.21. The quantitative estimate of drug-likeness (QED) is 0.0833. The first-order valence-corrected chi connectivity index (χ1v) is 11.5. The number of halogens is 1. The number of nitrogens with two attached hydrogens (primary N) is 2. The van der Waals surface area contributed by atoms with Gasteiger partial charge in [-0.1, -0.05) is 27.7 Å². The second-order valence-corrected chi connectivity index (χ2v) is 8.07. The number of ketones is 2. The van der Waals surface area contributed by atoms with E-state index in [1.807, 2.05) is 13.8 Å². The molecule has 0 saturated heterocycles. The number of carboxylic acid groups (broad SMARTS) is 2. The molecular weight excluding hydrogens is 540 g/mol. The standard InChI is InChI=1S/C10H12N2O4.C9H14O4.C5H10N2O2.ClH/c1-4(2)6-3-5(9(13)14)7(10(15)16)8(11)12-6;1-4-13-9(12)8(11)5-7(10)6(2)3;1-2-9-5(8)3-4(6)7;/h3-4H,1-2H3,(H2,11,12)(H,13,14)(H,15,16);6H,4-5H2,1-3H3;2-3H2,1H3,(H3,6,7);1H. The van der Waals surface area contributed by atoms with Gasteiger partial charge in [0.25, 0.3) is 0 Å². The molecule has 7 N–H and O–H groups in total. The molecule has 39 heavy (non-hydrogen) atoms. The lowest BCUT2D eigenvalue weighted by Crippen LogP contribution is -2.22. The first-order valence-electron chi connectivity index (χ1n) is 11.5. The molecule has 1 aromatic rings. The molecule has 0 atom stereocenters. The Hall–Kier alpha value is -4.07. The van der Waals surface area contributed by atoms with E-state index in [-0.39, 0.29) is 66.7 Å². The van der Waals surface area contributed by atoms with E-state index in [1.54, 1.807) is 27.7 Å². The molecule has 0 bridgehead atoms. The average Bonchev–Trinajstić information content (AvgIpc) is 2.78. The number of nitrogens with one attached hydrogen (secondary N) is 1. The molecule has 1 heterocycles. The van der Waals surface area contributed by atoms with E-state index in [4.69, 9.17) is 27.1 Å². The Labute approximate surface area is 232 Å². The molecule has 0 aliphatic rings. The number of ether oxygens (including phenoxy) is 2. The van der Waals surface area contributed by atoms with Gasteiger partial charge in [0.1, 0.15) is 29.4 Å². The Morgan fingerprint density at radius 1 is 0.949 bits per heavy atom. The Kier molecular flexibility index (Phi) is 20.2. The van der Waals surface area contributed by atoms with Crippen LogP contribution in [-0.4, -0.2) is 69.7 Å². The predicted octanol–water partition coefficient (Wildman–Crippen LogP) is 2.21. The Morgan fingerprint density at radius 2 is 1.46 bits per heavy atom. The molecule has 1 rings (SSSR count). The van der Waals surface area contributed by atoms with Gasteiger partial charge in [-0.2, -0.15) is 0 Å². The fourth-order valence-electron chi connectivity index (χ4n) is 2.29. The summed E-state index contributed by atoms with van der Waals surface area (Å²) in [6.45, 7) is 10.8. The number of amidine groups is 1. The monoisotopic (exact) mass is 576 g/mol. The number of anilines is 1. The number of hydrogen-bond donors (Lipinski definition) is 5. The van der Waals surface area contributed by atoms with Gasteiger partial charge < -0.3 is 31.2 Å². The van der Waals surface area contributed by atoms with Crippen molar-refractivity contribution in [2.24, 2.45) is 11.7 Å². The highest BCUT2D eigenvalue weighted by Gasteiger charge is 2.22. The van der Waals surface area contributed by atoms with Gasteiger partial charge in [0.05, 0.1) is 25.2 Å². The maximum atomic E-state index is 11.0. The predicted molar refractivity (Wildman–Crippen MR) is 143 cm³/mol. The highest BCUT2D eigenvalue weighted by molar-refractivity contribution is 6.37. The summed E-state index contributed by atoms with van der Waals surface area (Å²) in [5.41, 5.74) is 10.0. The Morgan fingerprint density at radius 3 is 1.82 bits per heavy atom. The summed E-state index contributed by atoms with van der Waals surface area (Å²) in [5, 5.41) is 24.4. The van der Waals surface area contributed by atoms with Crippen molar-refractivity contribution < 1.29 is 48.5 Å². The smallest absolute Gasteiger partial charge is 0.375 e.